The molecular formula is C17H27NO3. The third kappa shape index (κ3) is 4.46. The van der Waals surface area contributed by atoms with Crippen molar-refractivity contribution in [1.29, 1.82) is 0 Å². The molecule has 1 aromatic carbocycles. The average Bonchev–Trinajstić information content (AvgIpc) is 2.48. The van der Waals surface area contributed by atoms with Crippen molar-refractivity contribution >= 4 is 11.6 Å². The molecule has 0 saturated heterocycles. The minimum atomic E-state index is -0.806. The second kappa shape index (κ2) is 7.46. The molecule has 0 unspecified atom stereocenters. The highest BCUT2D eigenvalue weighted by molar-refractivity contribution is 5.97. The van der Waals surface area contributed by atoms with Gasteiger partial charge in [-0.05, 0) is 57.4 Å². The van der Waals surface area contributed by atoms with Gasteiger partial charge in [0.2, 0.25) is 0 Å². The molecule has 1 rings (SSSR count). The number of ether oxygens (including phenoxy) is 2. The molecule has 4 heteroatoms. The Morgan fingerprint density at radius 1 is 1.38 bits per heavy atom. The lowest BCUT2D eigenvalue weighted by Crippen LogP contribution is -2.41. The van der Waals surface area contributed by atoms with Gasteiger partial charge in [-0.2, -0.15) is 0 Å². The Bertz CT molecular complexity index is 481. The lowest BCUT2D eigenvalue weighted by Gasteiger charge is -2.25. The van der Waals surface area contributed by atoms with Gasteiger partial charge in [0.25, 0.3) is 5.91 Å². The predicted molar refractivity (Wildman–Crippen MR) is 85.9 cm³/mol. The van der Waals surface area contributed by atoms with E-state index >= 15 is 0 Å². The van der Waals surface area contributed by atoms with E-state index in [0.29, 0.717) is 6.42 Å². The SMILES string of the molecule is CC[C@H](C)Oc1ccc(NC(=O)[C@@](C)(CC)OC)cc1C. The molecule has 1 amide bonds. The monoisotopic (exact) mass is 293 g/mol. The second-order valence-electron chi connectivity index (χ2n) is 5.56. The standard InChI is InChI=1S/C17H27NO3/c1-7-13(4)21-15-10-9-14(11-12(15)3)18-16(19)17(5,8-2)20-6/h9-11,13H,7-8H2,1-6H3,(H,18,19)/t13-,17+/m0/s1. The average molecular weight is 293 g/mol. The van der Waals surface area contributed by atoms with Gasteiger partial charge in [-0.1, -0.05) is 13.8 Å². The number of benzene rings is 1. The Hall–Kier alpha value is -1.55. The van der Waals surface area contributed by atoms with E-state index in [1.54, 1.807) is 14.0 Å². The zero-order chi connectivity index (χ0) is 16.0. The predicted octanol–water partition coefficient (Wildman–Crippen LogP) is 3.93. The molecule has 2 atom stereocenters. The van der Waals surface area contributed by atoms with E-state index in [1.807, 2.05) is 39.0 Å². The molecule has 1 aromatic rings. The van der Waals surface area contributed by atoms with Crippen LogP contribution >= 0.6 is 0 Å². The first-order chi connectivity index (χ1) is 9.86. The Kier molecular flexibility index (Phi) is 6.21. The molecule has 0 aliphatic carbocycles. The molecule has 118 valence electrons. The summed E-state index contributed by atoms with van der Waals surface area (Å²) < 4.78 is 11.1. The molecule has 0 fully saturated rings. The molecule has 0 aliphatic heterocycles. The van der Waals surface area contributed by atoms with Gasteiger partial charge in [-0.3, -0.25) is 4.79 Å². The molecule has 1 N–H and O–H groups in total. The molecular weight excluding hydrogens is 266 g/mol. The quantitative estimate of drug-likeness (QED) is 0.828. The van der Waals surface area contributed by atoms with Crippen LogP contribution in [0.4, 0.5) is 5.69 Å². The number of amides is 1. The lowest BCUT2D eigenvalue weighted by atomic mass is 10.0. The summed E-state index contributed by atoms with van der Waals surface area (Å²) in [6.45, 7) is 9.82. The van der Waals surface area contributed by atoms with Crippen molar-refractivity contribution in [1.82, 2.24) is 0 Å². The van der Waals surface area contributed by atoms with E-state index in [2.05, 4.69) is 12.2 Å². The smallest absolute Gasteiger partial charge is 0.256 e. The van der Waals surface area contributed by atoms with Crippen LogP contribution in [-0.4, -0.2) is 24.7 Å². The van der Waals surface area contributed by atoms with Gasteiger partial charge in [0.15, 0.2) is 0 Å². The zero-order valence-electron chi connectivity index (χ0n) is 13.9. The first kappa shape index (κ1) is 17.5. The largest absolute Gasteiger partial charge is 0.490 e. The minimum absolute atomic E-state index is 0.137. The van der Waals surface area contributed by atoms with E-state index in [1.165, 1.54) is 0 Å². The number of carbonyl (C=O) groups excluding carboxylic acids is 1. The summed E-state index contributed by atoms with van der Waals surface area (Å²) in [5.74, 6) is 0.717. The molecule has 0 saturated carbocycles. The number of hydrogen-bond donors (Lipinski definition) is 1. The summed E-state index contributed by atoms with van der Waals surface area (Å²) in [5, 5.41) is 2.90. The molecule has 0 aromatic heterocycles. The van der Waals surface area contributed by atoms with Crippen LogP contribution in [0.5, 0.6) is 5.75 Å². The number of methoxy groups -OCH3 is 1. The van der Waals surface area contributed by atoms with Gasteiger partial charge >= 0.3 is 0 Å². The van der Waals surface area contributed by atoms with E-state index in [9.17, 15) is 4.79 Å². The topological polar surface area (TPSA) is 47.6 Å². The van der Waals surface area contributed by atoms with Crippen molar-refractivity contribution in [3.8, 4) is 5.75 Å². The molecule has 0 heterocycles. The van der Waals surface area contributed by atoms with Gasteiger partial charge in [-0.15, -0.1) is 0 Å². The van der Waals surface area contributed by atoms with Crippen molar-refractivity contribution in [2.75, 3.05) is 12.4 Å². The molecule has 21 heavy (non-hydrogen) atoms. The molecule has 0 spiro atoms. The third-order valence-electron chi connectivity index (χ3n) is 3.94. The van der Waals surface area contributed by atoms with Crippen LogP contribution in [0.15, 0.2) is 18.2 Å². The number of nitrogens with one attached hydrogen (secondary N) is 1. The number of rotatable bonds is 7. The van der Waals surface area contributed by atoms with Crippen molar-refractivity contribution in [3.63, 3.8) is 0 Å². The third-order valence-corrected chi connectivity index (χ3v) is 3.94. The van der Waals surface area contributed by atoms with Gasteiger partial charge in [-0.25, -0.2) is 0 Å². The van der Waals surface area contributed by atoms with Crippen molar-refractivity contribution in [2.24, 2.45) is 0 Å². The fourth-order valence-corrected chi connectivity index (χ4v) is 1.82. The van der Waals surface area contributed by atoms with E-state index < -0.39 is 5.60 Å². The van der Waals surface area contributed by atoms with Gasteiger partial charge in [0.05, 0.1) is 6.10 Å². The van der Waals surface area contributed by atoms with Crippen LogP contribution in [-0.2, 0) is 9.53 Å². The number of hydrogen-bond acceptors (Lipinski definition) is 3. The normalized spacial score (nSPS) is 15.1. The van der Waals surface area contributed by atoms with Crippen molar-refractivity contribution < 1.29 is 14.3 Å². The van der Waals surface area contributed by atoms with Crippen LogP contribution in [0, 0.1) is 6.92 Å². The van der Waals surface area contributed by atoms with Gasteiger partial charge < -0.3 is 14.8 Å². The molecule has 4 nitrogen and oxygen atoms in total. The van der Waals surface area contributed by atoms with E-state index in [-0.39, 0.29) is 12.0 Å². The molecule has 0 aliphatic rings. The highest BCUT2D eigenvalue weighted by Gasteiger charge is 2.30. The number of aryl methyl sites for hydroxylation is 1. The Morgan fingerprint density at radius 3 is 2.52 bits per heavy atom. The van der Waals surface area contributed by atoms with Crippen LogP contribution in [0.25, 0.3) is 0 Å². The minimum Gasteiger partial charge on any atom is -0.490 e. The highest BCUT2D eigenvalue weighted by Crippen LogP contribution is 2.25. The maximum Gasteiger partial charge on any atom is 0.256 e. The Balaban J connectivity index is 2.83. The Labute approximate surface area is 127 Å². The maximum atomic E-state index is 12.2. The van der Waals surface area contributed by atoms with Crippen molar-refractivity contribution in [2.45, 2.75) is 59.2 Å². The summed E-state index contributed by atoms with van der Waals surface area (Å²) in [6, 6.07) is 5.67. The zero-order valence-corrected chi connectivity index (χ0v) is 13.9. The fourth-order valence-electron chi connectivity index (χ4n) is 1.82. The van der Waals surface area contributed by atoms with Gasteiger partial charge in [0.1, 0.15) is 11.4 Å². The summed E-state index contributed by atoms with van der Waals surface area (Å²) in [6.07, 6.45) is 1.76. The maximum absolute atomic E-state index is 12.2. The summed E-state index contributed by atoms with van der Waals surface area (Å²) in [5.41, 5.74) is 0.953. The fraction of sp³-hybridized carbons (Fsp3) is 0.588. The summed E-state index contributed by atoms with van der Waals surface area (Å²) >= 11 is 0. The van der Waals surface area contributed by atoms with Crippen LogP contribution in [0.3, 0.4) is 0 Å². The van der Waals surface area contributed by atoms with E-state index in [4.69, 9.17) is 9.47 Å². The Morgan fingerprint density at radius 2 is 2.05 bits per heavy atom. The summed E-state index contributed by atoms with van der Waals surface area (Å²) in [4.78, 5) is 12.2. The first-order valence-electron chi connectivity index (χ1n) is 7.50. The highest BCUT2D eigenvalue weighted by atomic mass is 16.5. The number of carbonyl (C=O) groups is 1. The summed E-state index contributed by atoms with van der Waals surface area (Å²) in [7, 11) is 1.55. The van der Waals surface area contributed by atoms with Crippen LogP contribution in [0.2, 0.25) is 0 Å². The van der Waals surface area contributed by atoms with E-state index in [0.717, 1.165) is 23.4 Å². The first-order valence-corrected chi connectivity index (χ1v) is 7.50. The van der Waals surface area contributed by atoms with Crippen LogP contribution < -0.4 is 10.1 Å². The van der Waals surface area contributed by atoms with Crippen molar-refractivity contribution in [3.05, 3.63) is 23.8 Å². The second-order valence-corrected chi connectivity index (χ2v) is 5.56. The number of anilines is 1. The van der Waals surface area contributed by atoms with Gasteiger partial charge in [0, 0.05) is 12.8 Å². The van der Waals surface area contributed by atoms with Crippen LogP contribution in [0.1, 0.15) is 46.1 Å². The lowest BCUT2D eigenvalue weighted by molar-refractivity contribution is -0.136. The molecule has 0 bridgehead atoms. The molecule has 0 radical (unpaired) electrons.